The van der Waals surface area contributed by atoms with Gasteiger partial charge in [0.2, 0.25) is 0 Å². The van der Waals surface area contributed by atoms with Crippen LogP contribution in [0, 0.1) is 23.2 Å². The van der Waals surface area contributed by atoms with Crippen molar-refractivity contribution in [3.8, 4) is 22.9 Å². The molecule has 1 aliphatic rings. The Hall–Kier alpha value is -2.53. The molecule has 31 heavy (non-hydrogen) atoms. The average Bonchev–Trinajstić information content (AvgIpc) is 2.83. The van der Waals surface area contributed by atoms with Gasteiger partial charge in [0.05, 0.1) is 11.6 Å². The maximum Gasteiger partial charge on any atom is 0.119 e. The van der Waals surface area contributed by atoms with Crippen LogP contribution in [0.25, 0.3) is 11.1 Å². The molecule has 0 spiro atoms. The van der Waals surface area contributed by atoms with E-state index in [1.54, 1.807) is 0 Å². The van der Waals surface area contributed by atoms with E-state index in [-0.39, 0.29) is 0 Å². The van der Waals surface area contributed by atoms with E-state index < -0.39 is 0 Å². The van der Waals surface area contributed by atoms with Crippen LogP contribution in [-0.4, -0.2) is 6.61 Å². The number of nitrogens with zero attached hydrogens (tertiary/aromatic N) is 1. The maximum atomic E-state index is 8.92. The summed E-state index contributed by atoms with van der Waals surface area (Å²) >= 11 is 0. The van der Waals surface area contributed by atoms with E-state index in [0.717, 1.165) is 28.7 Å². The number of ether oxygens (including phenoxy) is 1. The van der Waals surface area contributed by atoms with Crippen LogP contribution in [0.15, 0.2) is 60.7 Å². The fourth-order valence-corrected chi connectivity index (χ4v) is 4.58. The van der Waals surface area contributed by atoms with Gasteiger partial charge in [-0.25, -0.2) is 0 Å². The van der Waals surface area contributed by atoms with Gasteiger partial charge in [-0.3, -0.25) is 0 Å². The molecule has 3 rings (SSSR count). The Kier molecular flexibility index (Phi) is 9.71. The standard InChI is InChI=1S/C29H37NO/c1-2-3-4-5-6-8-24-10-12-25(13-11-24)9-7-22-31-29-20-18-28(19-21-29)27-16-14-26(23-30)15-17-27/h7,9,14-21,24-25H,2-6,8,10-13,22H2,1H3. The van der Waals surface area contributed by atoms with E-state index in [1.165, 1.54) is 64.2 Å². The number of rotatable bonds is 11. The zero-order valence-electron chi connectivity index (χ0n) is 19.1. The van der Waals surface area contributed by atoms with E-state index in [4.69, 9.17) is 10.00 Å². The number of hydrogen-bond acceptors (Lipinski definition) is 2. The molecule has 0 heterocycles. The molecule has 2 nitrogen and oxygen atoms in total. The highest BCUT2D eigenvalue weighted by Gasteiger charge is 2.18. The summed E-state index contributed by atoms with van der Waals surface area (Å²) in [6, 6.07) is 18.0. The lowest BCUT2D eigenvalue weighted by molar-refractivity contribution is 0.287. The van der Waals surface area contributed by atoms with Crippen molar-refractivity contribution in [3.63, 3.8) is 0 Å². The molecule has 0 N–H and O–H groups in total. The summed E-state index contributed by atoms with van der Waals surface area (Å²) < 4.78 is 5.90. The van der Waals surface area contributed by atoms with Gasteiger partial charge >= 0.3 is 0 Å². The molecule has 0 aromatic heterocycles. The van der Waals surface area contributed by atoms with E-state index in [1.807, 2.05) is 36.4 Å². The van der Waals surface area contributed by atoms with Crippen LogP contribution in [-0.2, 0) is 0 Å². The number of benzene rings is 2. The highest BCUT2D eigenvalue weighted by molar-refractivity contribution is 5.64. The van der Waals surface area contributed by atoms with E-state index in [9.17, 15) is 0 Å². The molecule has 2 heteroatoms. The van der Waals surface area contributed by atoms with Crippen LogP contribution in [0.1, 0.15) is 76.7 Å². The monoisotopic (exact) mass is 415 g/mol. The van der Waals surface area contributed by atoms with Crippen LogP contribution in [0.5, 0.6) is 5.75 Å². The second-order valence-electron chi connectivity index (χ2n) is 8.94. The topological polar surface area (TPSA) is 33.0 Å². The fraction of sp³-hybridized carbons (Fsp3) is 0.483. The molecule has 0 radical (unpaired) electrons. The fourth-order valence-electron chi connectivity index (χ4n) is 4.58. The second-order valence-corrected chi connectivity index (χ2v) is 8.94. The minimum Gasteiger partial charge on any atom is -0.490 e. The molecule has 2 aromatic carbocycles. The predicted molar refractivity (Wildman–Crippen MR) is 130 cm³/mol. The Morgan fingerprint density at radius 2 is 1.52 bits per heavy atom. The van der Waals surface area contributed by atoms with Crippen LogP contribution >= 0.6 is 0 Å². The first-order valence-electron chi connectivity index (χ1n) is 12.2. The van der Waals surface area contributed by atoms with Crippen LogP contribution < -0.4 is 4.74 Å². The van der Waals surface area contributed by atoms with Gasteiger partial charge in [0.15, 0.2) is 0 Å². The first-order chi connectivity index (χ1) is 15.3. The summed E-state index contributed by atoms with van der Waals surface area (Å²) in [7, 11) is 0. The number of unbranched alkanes of at least 4 members (excludes halogenated alkanes) is 4. The number of hydrogen-bond donors (Lipinski definition) is 0. The lowest BCUT2D eigenvalue weighted by Gasteiger charge is -2.26. The first kappa shape index (κ1) is 23.1. The molecule has 164 valence electrons. The van der Waals surface area contributed by atoms with Crippen molar-refractivity contribution >= 4 is 0 Å². The lowest BCUT2D eigenvalue weighted by atomic mass is 9.79. The van der Waals surface area contributed by atoms with Crippen molar-refractivity contribution in [1.29, 1.82) is 5.26 Å². The van der Waals surface area contributed by atoms with Crippen molar-refractivity contribution in [2.45, 2.75) is 71.1 Å². The molecule has 0 bridgehead atoms. The van der Waals surface area contributed by atoms with Crippen LogP contribution in [0.3, 0.4) is 0 Å². The highest BCUT2D eigenvalue weighted by atomic mass is 16.5. The number of allylic oxidation sites excluding steroid dienone is 1. The second kappa shape index (κ2) is 13.0. The third-order valence-electron chi connectivity index (χ3n) is 6.56. The van der Waals surface area contributed by atoms with Crippen LogP contribution in [0.4, 0.5) is 0 Å². The molecule has 0 unspecified atom stereocenters. The van der Waals surface area contributed by atoms with Gasteiger partial charge < -0.3 is 4.74 Å². The molecule has 1 aliphatic carbocycles. The Labute approximate surface area is 189 Å². The SMILES string of the molecule is CCCCCCCC1CCC(C=CCOc2ccc(-c3ccc(C#N)cc3)cc2)CC1. The summed E-state index contributed by atoms with van der Waals surface area (Å²) in [5.41, 5.74) is 2.93. The van der Waals surface area contributed by atoms with Gasteiger partial charge in [-0.05, 0) is 72.9 Å². The summed E-state index contributed by atoms with van der Waals surface area (Å²) in [6.07, 6.45) is 18.5. The largest absolute Gasteiger partial charge is 0.490 e. The van der Waals surface area contributed by atoms with Gasteiger partial charge in [0.1, 0.15) is 12.4 Å². The molecule has 1 fully saturated rings. The molecule has 0 amide bonds. The minimum absolute atomic E-state index is 0.633. The molecule has 0 atom stereocenters. The van der Waals surface area contributed by atoms with Gasteiger partial charge in [-0.15, -0.1) is 0 Å². The molecule has 0 aliphatic heterocycles. The Bertz CT molecular complexity index is 821. The summed E-state index contributed by atoms with van der Waals surface area (Å²) in [5.74, 6) is 2.60. The Morgan fingerprint density at radius 1 is 0.871 bits per heavy atom. The van der Waals surface area contributed by atoms with Crippen molar-refractivity contribution in [3.05, 3.63) is 66.2 Å². The Morgan fingerprint density at radius 3 is 2.16 bits per heavy atom. The van der Waals surface area contributed by atoms with Crippen molar-refractivity contribution in [1.82, 2.24) is 0 Å². The van der Waals surface area contributed by atoms with Gasteiger partial charge in [0.25, 0.3) is 0 Å². The first-order valence-corrected chi connectivity index (χ1v) is 12.2. The van der Waals surface area contributed by atoms with Gasteiger partial charge in [-0.1, -0.05) is 81.9 Å². The summed E-state index contributed by atoms with van der Waals surface area (Å²) in [5, 5.41) is 8.92. The van der Waals surface area contributed by atoms with E-state index >= 15 is 0 Å². The third-order valence-corrected chi connectivity index (χ3v) is 6.56. The smallest absolute Gasteiger partial charge is 0.119 e. The van der Waals surface area contributed by atoms with Crippen molar-refractivity contribution < 1.29 is 4.74 Å². The minimum atomic E-state index is 0.633. The molecule has 1 saturated carbocycles. The zero-order valence-corrected chi connectivity index (χ0v) is 19.1. The molecular formula is C29H37NO. The lowest BCUT2D eigenvalue weighted by Crippen LogP contribution is -2.13. The summed E-state index contributed by atoms with van der Waals surface area (Å²) in [4.78, 5) is 0. The van der Waals surface area contributed by atoms with Crippen molar-refractivity contribution in [2.75, 3.05) is 6.61 Å². The van der Waals surface area contributed by atoms with Crippen molar-refractivity contribution in [2.24, 2.45) is 11.8 Å². The Balaban J connectivity index is 1.33. The molecule has 0 saturated heterocycles. The zero-order chi connectivity index (χ0) is 21.7. The third kappa shape index (κ3) is 7.91. The van der Waals surface area contributed by atoms with Gasteiger partial charge in [-0.2, -0.15) is 5.26 Å². The number of nitriles is 1. The van der Waals surface area contributed by atoms with E-state index in [0.29, 0.717) is 12.2 Å². The van der Waals surface area contributed by atoms with Gasteiger partial charge in [0, 0.05) is 0 Å². The molecular weight excluding hydrogens is 378 g/mol. The quantitative estimate of drug-likeness (QED) is 0.273. The predicted octanol–water partition coefficient (Wildman–Crippen LogP) is 8.33. The normalized spacial score (nSPS) is 18.7. The highest BCUT2D eigenvalue weighted by Crippen LogP contribution is 2.32. The average molecular weight is 416 g/mol. The summed E-state index contributed by atoms with van der Waals surface area (Å²) in [6.45, 7) is 2.92. The molecule has 2 aromatic rings. The van der Waals surface area contributed by atoms with E-state index in [2.05, 4.69) is 37.3 Å². The maximum absolute atomic E-state index is 8.92. The van der Waals surface area contributed by atoms with Crippen LogP contribution in [0.2, 0.25) is 0 Å².